The zero-order valence-corrected chi connectivity index (χ0v) is 9.05. The highest BCUT2D eigenvalue weighted by Gasteiger charge is 2.06. The van der Waals surface area contributed by atoms with Crippen molar-refractivity contribution >= 4 is 21.9 Å². The first-order valence-corrected chi connectivity index (χ1v) is 4.98. The standard InChI is InChI=1S/C10H10BrFO2/c11-10-7(4-5-9(13)14)2-1-3-8(10)6-12/h1-3H,4-6H2,(H,13,14). The Labute approximate surface area is 89.9 Å². The normalized spacial score (nSPS) is 10.1. The highest BCUT2D eigenvalue weighted by atomic mass is 79.9. The van der Waals surface area contributed by atoms with E-state index in [0.717, 1.165) is 5.56 Å². The Morgan fingerprint density at radius 1 is 1.43 bits per heavy atom. The molecule has 0 saturated heterocycles. The molecule has 0 aliphatic carbocycles. The number of carboxylic acids is 1. The van der Waals surface area contributed by atoms with E-state index < -0.39 is 12.6 Å². The van der Waals surface area contributed by atoms with Crippen LogP contribution in [0, 0.1) is 0 Å². The largest absolute Gasteiger partial charge is 0.481 e. The molecule has 0 heterocycles. The van der Waals surface area contributed by atoms with Crippen molar-refractivity contribution in [3.8, 4) is 0 Å². The summed E-state index contributed by atoms with van der Waals surface area (Å²) in [6, 6.07) is 5.21. The van der Waals surface area contributed by atoms with Gasteiger partial charge in [0.1, 0.15) is 6.67 Å². The molecule has 1 aromatic carbocycles. The molecule has 2 nitrogen and oxygen atoms in total. The molecule has 0 fully saturated rings. The molecule has 0 radical (unpaired) electrons. The quantitative estimate of drug-likeness (QED) is 0.904. The first kappa shape index (κ1) is 11.2. The minimum Gasteiger partial charge on any atom is -0.481 e. The zero-order chi connectivity index (χ0) is 10.6. The van der Waals surface area contributed by atoms with Gasteiger partial charge in [0.15, 0.2) is 0 Å². The minimum atomic E-state index is -0.845. The molecule has 0 aromatic heterocycles. The summed E-state index contributed by atoms with van der Waals surface area (Å²) >= 11 is 3.26. The summed E-state index contributed by atoms with van der Waals surface area (Å²) in [6.07, 6.45) is 0.484. The molecule has 4 heteroatoms. The van der Waals surface area contributed by atoms with Crippen LogP contribution in [0.4, 0.5) is 4.39 Å². The van der Waals surface area contributed by atoms with Gasteiger partial charge in [-0.25, -0.2) is 4.39 Å². The molecule has 1 N–H and O–H groups in total. The summed E-state index contributed by atoms with van der Waals surface area (Å²) in [7, 11) is 0. The Morgan fingerprint density at radius 2 is 2.07 bits per heavy atom. The maximum atomic E-state index is 12.4. The molecular weight excluding hydrogens is 251 g/mol. The van der Waals surface area contributed by atoms with E-state index in [0.29, 0.717) is 16.5 Å². The van der Waals surface area contributed by atoms with E-state index in [4.69, 9.17) is 5.11 Å². The van der Waals surface area contributed by atoms with Crippen LogP contribution in [0.15, 0.2) is 22.7 Å². The van der Waals surface area contributed by atoms with Crippen LogP contribution in [-0.4, -0.2) is 11.1 Å². The average Bonchev–Trinajstić information content (AvgIpc) is 2.16. The first-order valence-electron chi connectivity index (χ1n) is 4.19. The van der Waals surface area contributed by atoms with E-state index in [1.807, 2.05) is 0 Å². The summed E-state index contributed by atoms with van der Waals surface area (Å²) < 4.78 is 13.1. The monoisotopic (exact) mass is 260 g/mol. The number of halogens is 2. The fourth-order valence-electron chi connectivity index (χ4n) is 1.17. The van der Waals surface area contributed by atoms with Gasteiger partial charge in [-0.05, 0) is 17.5 Å². The molecule has 0 atom stereocenters. The smallest absolute Gasteiger partial charge is 0.303 e. The highest BCUT2D eigenvalue weighted by molar-refractivity contribution is 9.10. The highest BCUT2D eigenvalue weighted by Crippen LogP contribution is 2.23. The maximum absolute atomic E-state index is 12.4. The predicted molar refractivity (Wildman–Crippen MR) is 54.9 cm³/mol. The zero-order valence-electron chi connectivity index (χ0n) is 7.46. The average molecular weight is 261 g/mol. The number of carboxylic acid groups (broad SMARTS) is 1. The van der Waals surface area contributed by atoms with Crippen LogP contribution in [-0.2, 0) is 17.9 Å². The SMILES string of the molecule is O=C(O)CCc1cccc(CF)c1Br. The van der Waals surface area contributed by atoms with Crippen LogP contribution in [0.5, 0.6) is 0 Å². The van der Waals surface area contributed by atoms with Crippen molar-refractivity contribution in [3.63, 3.8) is 0 Å². The van der Waals surface area contributed by atoms with Crippen molar-refractivity contribution in [2.24, 2.45) is 0 Å². The van der Waals surface area contributed by atoms with Gasteiger partial charge in [0, 0.05) is 10.9 Å². The summed E-state index contributed by atoms with van der Waals surface area (Å²) in [5.41, 5.74) is 1.40. The van der Waals surface area contributed by atoms with Gasteiger partial charge >= 0.3 is 5.97 Å². The van der Waals surface area contributed by atoms with Crippen molar-refractivity contribution in [2.45, 2.75) is 19.5 Å². The van der Waals surface area contributed by atoms with Crippen LogP contribution < -0.4 is 0 Å². The van der Waals surface area contributed by atoms with Gasteiger partial charge in [-0.3, -0.25) is 4.79 Å². The molecule has 76 valence electrons. The lowest BCUT2D eigenvalue weighted by molar-refractivity contribution is -0.136. The Hall–Kier alpha value is -0.900. The van der Waals surface area contributed by atoms with E-state index in [9.17, 15) is 9.18 Å². The van der Waals surface area contributed by atoms with Crippen LogP contribution >= 0.6 is 15.9 Å². The molecule has 1 rings (SSSR count). The number of aryl methyl sites for hydroxylation is 1. The van der Waals surface area contributed by atoms with Gasteiger partial charge in [0.25, 0.3) is 0 Å². The van der Waals surface area contributed by atoms with Gasteiger partial charge in [-0.2, -0.15) is 0 Å². The molecule has 1 aromatic rings. The van der Waals surface area contributed by atoms with Gasteiger partial charge in [-0.1, -0.05) is 34.1 Å². The fourth-order valence-corrected chi connectivity index (χ4v) is 1.74. The number of hydrogen-bond donors (Lipinski definition) is 1. The Morgan fingerprint density at radius 3 is 2.64 bits per heavy atom. The van der Waals surface area contributed by atoms with Gasteiger partial charge < -0.3 is 5.11 Å². The second-order valence-corrected chi connectivity index (χ2v) is 3.71. The van der Waals surface area contributed by atoms with Gasteiger partial charge in [-0.15, -0.1) is 0 Å². The van der Waals surface area contributed by atoms with Crippen LogP contribution in [0.3, 0.4) is 0 Å². The second kappa shape index (κ2) is 5.10. The van der Waals surface area contributed by atoms with Crippen molar-refractivity contribution in [3.05, 3.63) is 33.8 Å². The van der Waals surface area contributed by atoms with E-state index in [-0.39, 0.29) is 6.42 Å². The fraction of sp³-hybridized carbons (Fsp3) is 0.300. The number of aliphatic carboxylic acids is 1. The van der Waals surface area contributed by atoms with E-state index in [1.165, 1.54) is 0 Å². The van der Waals surface area contributed by atoms with Crippen molar-refractivity contribution in [1.29, 1.82) is 0 Å². The summed E-state index contributed by atoms with van der Waals surface area (Å²) in [6.45, 7) is -0.540. The van der Waals surface area contributed by atoms with Gasteiger partial charge in [0.05, 0.1) is 0 Å². The van der Waals surface area contributed by atoms with Crippen molar-refractivity contribution < 1.29 is 14.3 Å². The number of alkyl halides is 1. The molecule has 14 heavy (non-hydrogen) atoms. The lowest BCUT2D eigenvalue weighted by atomic mass is 10.1. The number of hydrogen-bond acceptors (Lipinski definition) is 1. The summed E-state index contributed by atoms with van der Waals surface area (Å²) in [5.74, 6) is -0.845. The predicted octanol–water partition coefficient (Wildman–Crippen LogP) is 2.94. The van der Waals surface area contributed by atoms with Crippen molar-refractivity contribution in [2.75, 3.05) is 0 Å². The topological polar surface area (TPSA) is 37.3 Å². The second-order valence-electron chi connectivity index (χ2n) is 2.92. The first-order chi connectivity index (χ1) is 6.65. The lowest BCUT2D eigenvalue weighted by Gasteiger charge is -2.05. The summed E-state index contributed by atoms with van der Waals surface area (Å²) in [4.78, 5) is 10.3. The molecule has 0 unspecified atom stereocenters. The number of carbonyl (C=O) groups is 1. The Kier molecular flexibility index (Phi) is 4.07. The van der Waals surface area contributed by atoms with E-state index >= 15 is 0 Å². The minimum absolute atomic E-state index is 0.0638. The van der Waals surface area contributed by atoms with E-state index in [2.05, 4.69) is 15.9 Å². The third-order valence-corrected chi connectivity index (χ3v) is 2.93. The maximum Gasteiger partial charge on any atom is 0.303 e. The molecule has 0 spiro atoms. The lowest BCUT2D eigenvalue weighted by Crippen LogP contribution is -1.99. The van der Waals surface area contributed by atoms with Gasteiger partial charge in [0.2, 0.25) is 0 Å². The molecule has 0 amide bonds. The van der Waals surface area contributed by atoms with Crippen molar-refractivity contribution in [1.82, 2.24) is 0 Å². The van der Waals surface area contributed by atoms with E-state index in [1.54, 1.807) is 18.2 Å². The Bertz CT molecular complexity index is 339. The molecular formula is C10H10BrFO2. The van der Waals surface area contributed by atoms with Crippen LogP contribution in [0.2, 0.25) is 0 Å². The number of benzene rings is 1. The third-order valence-electron chi connectivity index (χ3n) is 1.91. The molecule has 0 saturated carbocycles. The Balaban J connectivity index is 2.81. The van der Waals surface area contributed by atoms with Crippen LogP contribution in [0.25, 0.3) is 0 Å². The third kappa shape index (κ3) is 2.80. The molecule has 0 aliphatic heterocycles. The number of rotatable bonds is 4. The molecule has 0 bridgehead atoms. The summed E-state index contributed by atoms with van der Waals surface area (Å²) in [5, 5.41) is 8.50. The molecule has 0 aliphatic rings. The van der Waals surface area contributed by atoms with Crippen LogP contribution in [0.1, 0.15) is 17.5 Å².